The number of alkyl halides is 3. The largest absolute Gasteiger partial charge is 0.416 e. The average Bonchev–Trinajstić information content (AvgIpc) is 3.47. The van der Waals surface area contributed by atoms with Crippen molar-refractivity contribution in [2.45, 2.75) is 55.9 Å². The zero-order valence-corrected chi connectivity index (χ0v) is 21.2. The van der Waals surface area contributed by atoms with Crippen molar-refractivity contribution in [3.05, 3.63) is 35.7 Å². The van der Waals surface area contributed by atoms with E-state index in [0.717, 1.165) is 87.5 Å². The Morgan fingerprint density at radius 2 is 1.89 bits per heavy atom. The minimum atomic E-state index is -4.29. The van der Waals surface area contributed by atoms with Crippen LogP contribution in [0.5, 0.6) is 0 Å². The van der Waals surface area contributed by atoms with E-state index in [1.54, 1.807) is 23.9 Å². The highest BCUT2D eigenvalue weighted by Crippen LogP contribution is 2.45. The summed E-state index contributed by atoms with van der Waals surface area (Å²) in [5, 5.41) is 9.86. The summed E-state index contributed by atoms with van der Waals surface area (Å²) in [5.74, 6) is 2.49. The predicted molar refractivity (Wildman–Crippen MR) is 131 cm³/mol. The zero-order valence-electron chi connectivity index (χ0n) is 20.4. The van der Waals surface area contributed by atoms with Crippen LogP contribution in [0.1, 0.15) is 49.9 Å². The number of fused-ring (bicyclic) bond motifs is 1. The Morgan fingerprint density at radius 1 is 1.14 bits per heavy atom. The lowest BCUT2D eigenvalue weighted by atomic mass is 9.85. The molecule has 3 fully saturated rings. The molecule has 0 radical (unpaired) electrons. The third-order valence-electron chi connectivity index (χ3n) is 7.95. The van der Waals surface area contributed by atoms with E-state index in [0.29, 0.717) is 12.0 Å². The molecular weight excluding hydrogens is 475 g/mol. The highest BCUT2D eigenvalue weighted by molar-refractivity contribution is 7.99. The second kappa shape index (κ2) is 9.94. The first-order valence-corrected chi connectivity index (χ1v) is 13.5. The number of likely N-dealkylation sites (tertiary alicyclic amines) is 1. The number of benzene rings is 1. The molecule has 0 N–H and O–H groups in total. The summed E-state index contributed by atoms with van der Waals surface area (Å²) in [4.78, 5) is 4.83. The van der Waals surface area contributed by atoms with Gasteiger partial charge in [-0.2, -0.15) is 13.2 Å². The zero-order chi connectivity index (χ0) is 24.6. The lowest BCUT2D eigenvalue weighted by molar-refractivity contribution is -0.137. The molecule has 3 aliphatic rings. The summed E-state index contributed by atoms with van der Waals surface area (Å²) in [6.07, 6.45) is -0.146. The number of rotatable bonds is 7. The molecule has 1 unspecified atom stereocenters. The molecule has 0 saturated carbocycles. The van der Waals surface area contributed by atoms with Crippen LogP contribution in [0.4, 0.5) is 18.9 Å². The molecule has 2 atom stereocenters. The average molecular weight is 510 g/mol. The number of hydrogen-bond acceptors (Lipinski definition) is 6. The van der Waals surface area contributed by atoms with E-state index in [9.17, 15) is 13.2 Å². The molecule has 0 bridgehead atoms. The van der Waals surface area contributed by atoms with Crippen LogP contribution < -0.4 is 4.90 Å². The first-order chi connectivity index (χ1) is 16.7. The standard InChI is InChI=1S/C25H34F3N5OS/c1-24-10-12-33(20-6-4-19(5-7-20)25(26,27)28)21(24)16-32(17-24)11-3-15-35-23-30-29-22(31(23)2)18-8-13-34-14-9-18/h4-7,18,21H,3,8-17H2,1-2H3/t21-,24?/m1/s1. The summed E-state index contributed by atoms with van der Waals surface area (Å²) in [7, 11) is 2.06. The minimum Gasteiger partial charge on any atom is -0.381 e. The van der Waals surface area contributed by atoms with E-state index in [1.807, 2.05) is 0 Å². The fourth-order valence-corrected chi connectivity index (χ4v) is 6.78. The molecule has 10 heteroatoms. The second-order valence-corrected chi connectivity index (χ2v) is 11.4. The lowest BCUT2D eigenvalue weighted by Crippen LogP contribution is -2.37. The van der Waals surface area contributed by atoms with Crippen molar-refractivity contribution in [3.8, 4) is 0 Å². The summed E-state index contributed by atoms with van der Waals surface area (Å²) in [6, 6.07) is 6.00. The number of aromatic nitrogens is 3. The maximum absolute atomic E-state index is 13.0. The third kappa shape index (κ3) is 5.20. The maximum atomic E-state index is 13.0. The molecular formula is C25H34F3N5OS. The molecule has 3 saturated heterocycles. The van der Waals surface area contributed by atoms with E-state index >= 15 is 0 Å². The van der Waals surface area contributed by atoms with Gasteiger partial charge in [0, 0.05) is 68.7 Å². The molecule has 5 rings (SSSR count). The molecule has 0 spiro atoms. The number of anilines is 1. The molecule has 1 aromatic carbocycles. The summed E-state index contributed by atoms with van der Waals surface area (Å²) in [6.45, 7) is 7.84. The Labute approximate surface area is 209 Å². The summed E-state index contributed by atoms with van der Waals surface area (Å²) in [5.41, 5.74) is 0.487. The van der Waals surface area contributed by atoms with Gasteiger partial charge >= 0.3 is 6.18 Å². The van der Waals surface area contributed by atoms with Crippen molar-refractivity contribution in [2.24, 2.45) is 12.5 Å². The molecule has 2 aromatic rings. The fourth-order valence-electron chi connectivity index (χ4n) is 5.93. The molecule has 35 heavy (non-hydrogen) atoms. The molecule has 0 amide bonds. The van der Waals surface area contributed by atoms with E-state index in [4.69, 9.17) is 4.74 Å². The topological polar surface area (TPSA) is 46.4 Å². The first-order valence-electron chi connectivity index (χ1n) is 12.5. The Morgan fingerprint density at radius 3 is 2.60 bits per heavy atom. The van der Waals surface area contributed by atoms with Crippen LogP contribution >= 0.6 is 11.8 Å². The Bertz CT molecular complexity index is 1010. The SMILES string of the molecule is Cn1c(SCCCN2C[C@H]3N(c4ccc(C(F)(F)F)cc4)CCC3(C)C2)nnc1C1CCOCC1. The number of hydrogen-bond donors (Lipinski definition) is 0. The van der Waals surface area contributed by atoms with Gasteiger partial charge in [0.1, 0.15) is 5.82 Å². The second-order valence-electron chi connectivity index (χ2n) is 10.4. The van der Waals surface area contributed by atoms with Gasteiger partial charge in [-0.15, -0.1) is 10.2 Å². The molecule has 3 aliphatic heterocycles. The van der Waals surface area contributed by atoms with Crippen molar-refractivity contribution < 1.29 is 17.9 Å². The fraction of sp³-hybridized carbons (Fsp3) is 0.680. The van der Waals surface area contributed by atoms with E-state index in [2.05, 4.69) is 38.5 Å². The molecule has 1 aromatic heterocycles. The molecule has 4 heterocycles. The molecule has 192 valence electrons. The van der Waals surface area contributed by atoms with Gasteiger partial charge in [0.15, 0.2) is 5.16 Å². The molecule has 6 nitrogen and oxygen atoms in total. The van der Waals surface area contributed by atoms with E-state index < -0.39 is 11.7 Å². The Kier molecular flexibility index (Phi) is 7.07. The quantitative estimate of drug-likeness (QED) is 0.394. The van der Waals surface area contributed by atoms with Crippen LogP contribution in [0.15, 0.2) is 29.4 Å². The van der Waals surface area contributed by atoms with Crippen LogP contribution in [-0.4, -0.2) is 70.9 Å². The van der Waals surface area contributed by atoms with Crippen LogP contribution in [0.2, 0.25) is 0 Å². The van der Waals surface area contributed by atoms with Crippen LogP contribution in [0.3, 0.4) is 0 Å². The first kappa shape index (κ1) is 24.9. The van der Waals surface area contributed by atoms with Gasteiger partial charge in [-0.3, -0.25) is 0 Å². The van der Waals surface area contributed by atoms with E-state index in [1.165, 1.54) is 12.1 Å². The predicted octanol–water partition coefficient (Wildman–Crippen LogP) is 4.81. The number of halogens is 3. The van der Waals surface area contributed by atoms with Gasteiger partial charge in [-0.1, -0.05) is 18.7 Å². The Balaban J connectivity index is 1.12. The summed E-state index contributed by atoms with van der Waals surface area (Å²) < 4.78 is 46.5. The van der Waals surface area contributed by atoms with Crippen molar-refractivity contribution in [3.63, 3.8) is 0 Å². The normalized spacial score (nSPS) is 26.0. The molecule has 0 aliphatic carbocycles. The van der Waals surface area contributed by atoms with Crippen LogP contribution in [0.25, 0.3) is 0 Å². The van der Waals surface area contributed by atoms with Crippen molar-refractivity contribution in [2.75, 3.05) is 50.0 Å². The highest BCUT2D eigenvalue weighted by Gasteiger charge is 2.50. The van der Waals surface area contributed by atoms with Crippen molar-refractivity contribution in [1.29, 1.82) is 0 Å². The lowest BCUT2D eigenvalue weighted by Gasteiger charge is -2.30. The third-order valence-corrected chi connectivity index (χ3v) is 9.06. The smallest absolute Gasteiger partial charge is 0.381 e. The van der Waals surface area contributed by atoms with Gasteiger partial charge in [0.25, 0.3) is 0 Å². The number of nitrogens with zero attached hydrogens (tertiary/aromatic N) is 5. The summed E-state index contributed by atoms with van der Waals surface area (Å²) >= 11 is 1.77. The van der Waals surface area contributed by atoms with E-state index in [-0.39, 0.29) is 5.41 Å². The van der Waals surface area contributed by atoms with Gasteiger partial charge in [0.2, 0.25) is 0 Å². The number of thioether (sulfide) groups is 1. The van der Waals surface area contributed by atoms with Gasteiger partial charge in [-0.25, -0.2) is 0 Å². The van der Waals surface area contributed by atoms with Crippen LogP contribution in [-0.2, 0) is 18.0 Å². The number of ether oxygens (including phenoxy) is 1. The monoisotopic (exact) mass is 509 g/mol. The van der Waals surface area contributed by atoms with Crippen molar-refractivity contribution in [1.82, 2.24) is 19.7 Å². The minimum absolute atomic E-state index is 0.179. The van der Waals surface area contributed by atoms with Gasteiger partial charge in [-0.05, 0) is 56.5 Å². The highest BCUT2D eigenvalue weighted by atomic mass is 32.2. The van der Waals surface area contributed by atoms with Crippen LogP contribution in [0, 0.1) is 5.41 Å². The van der Waals surface area contributed by atoms with Crippen molar-refractivity contribution >= 4 is 17.4 Å². The Hall–Kier alpha value is -1.78. The van der Waals surface area contributed by atoms with Gasteiger partial charge < -0.3 is 19.1 Å². The van der Waals surface area contributed by atoms with Gasteiger partial charge in [0.05, 0.1) is 5.56 Å². The maximum Gasteiger partial charge on any atom is 0.416 e.